The molecule has 0 saturated heterocycles. The quantitative estimate of drug-likeness (QED) is 0.623. The number of nitrogen functional groups attached to an aromatic ring is 1. The molecule has 0 fully saturated rings. The Kier molecular flexibility index (Phi) is 2.21. The zero-order chi connectivity index (χ0) is 10.8. The lowest BCUT2D eigenvalue weighted by atomic mass is 10.1. The van der Waals surface area contributed by atoms with E-state index >= 15 is 0 Å². The van der Waals surface area contributed by atoms with Crippen molar-refractivity contribution in [3.05, 3.63) is 41.1 Å². The van der Waals surface area contributed by atoms with Crippen molar-refractivity contribution in [3.63, 3.8) is 0 Å². The first-order valence-electron chi connectivity index (χ1n) is 4.47. The van der Waals surface area contributed by atoms with E-state index < -0.39 is 0 Å². The Morgan fingerprint density at radius 1 is 1.47 bits per heavy atom. The van der Waals surface area contributed by atoms with E-state index in [1.807, 2.05) is 6.08 Å². The lowest BCUT2D eigenvalue weighted by molar-refractivity contribution is 1.04. The predicted octanol–water partition coefficient (Wildman–Crippen LogP) is -0.781. The smallest absolute Gasteiger partial charge is 0.179 e. The number of hydrogen-bond donors (Lipinski definition) is 2. The summed E-state index contributed by atoms with van der Waals surface area (Å²) in [6, 6.07) is 0. The fourth-order valence-electron chi connectivity index (χ4n) is 1.25. The summed E-state index contributed by atoms with van der Waals surface area (Å²) in [5.41, 5.74) is 13.0. The van der Waals surface area contributed by atoms with Crippen LogP contribution >= 0.6 is 0 Å². The number of nitrogens with two attached hydrogens (primary N) is 2. The van der Waals surface area contributed by atoms with Gasteiger partial charge in [-0.3, -0.25) is 0 Å². The highest BCUT2D eigenvalue weighted by Crippen LogP contribution is 2.08. The third-order valence-corrected chi connectivity index (χ3v) is 2.07. The molecule has 0 amide bonds. The Morgan fingerprint density at radius 3 is 3.00 bits per heavy atom. The number of allylic oxidation sites excluding steroid dienone is 1. The van der Waals surface area contributed by atoms with E-state index in [9.17, 15) is 0 Å². The molecule has 1 aromatic heterocycles. The van der Waals surface area contributed by atoms with Gasteiger partial charge in [-0.05, 0) is 12.0 Å². The van der Waals surface area contributed by atoms with Crippen LogP contribution in [-0.2, 0) is 0 Å². The summed E-state index contributed by atoms with van der Waals surface area (Å²) in [5, 5.41) is 0.719. The molecule has 76 valence electrons. The van der Waals surface area contributed by atoms with Crippen LogP contribution in [0.25, 0.3) is 6.08 Å². The van der Waals surface area contributed by atoms with Gasteiger partial charge in [-0.2, -0.15) is 0 Å². The Hall–Kier alpha value is -2.17. The first-order chi connectivity index (χ1) is 7.16. The van der Waals surface area contributed by atoms with Crippen molar-refractivity contribution in [2.75, 3.05) is 5.73 Å². The van der Waals surface area contributed by atoms with E-state index in [-0.39, 0.29) is 0 Å². The van der Waals surface area contributed by atoms with Gasteiger partial charge in [-0.1, -0.05) is 12.7 Å². The summed E-state index contributed by atoms with van der Waals surface area (Å²) >= 11 is 0. The average molecular weight is 201 g/mol. The van der Waals surface area contributed by atoms with Gasteiger partial charge in [0, 0.05) is 11.9 Å². The summed E-state index contributed by atoms with van der Waals surface area (Å²) in [5.74, 6) is 0.356. The lowest BCUT2D eigenvalue weighted by Crippen LogP contribution is -2.31. The molecule has 5 nitrogen and oxygen atoms in total. The largest absolute Gasteiger partial charge is 0.399 e. The highest BCUT2D eigenvalue weighted by Gasteiger charge is 2.01. The van der Waals surface area contributed by atoms with Gasteiger partial charge in [0.15, 0.2) is 5.49 Å². The van der Waals surface area contributed by atoms with E-state index in [1.54, 1.807) is 6.20 Å². The minimum Gasteiger partial charge on any atom is -0.399 e. The van der Waals surface area contributed by atoms with Gasteiger partial charge >= 0.3 is 0 Å². The molecule has 0 atom stereocenters. The van der Waals surface area contributed by atoms with Crippen molar-refractivity contribution in [3.8, 4) is 0 Å². The van der Waals surface area contributed by atoms with Gasteiger partial charge in [-0.25, -0.2) is 15.0 Å². The molecule has 0 radical (unpaired) electrons. The van der Waals surface area contributed by atoms with Gasteiger partial charge in [0.05, 0.1) is 6.20 Å². The maximum Gasteiger partial charge on any atom is 0.179 e. The predicted molar refractivity (Wildman–Crippen MR) is 57.7 cm³/mol. The Morgan fingerprint density at radius 2 is 2.27 bits per heavy atom. The average Bonchev–Trinajstić information content (AvgIpc) is 2.39. The van der Waals surface area contributed by atoms with Gasteiger partial charge in [-0.15, -0.1) is 0 Å². The van der Waals surface area contributed by atoms with Crippen molar-refractivity contribution in [2.24, 2.45) is 10.7 Å². The van der Waals surface area contributed by atoms with Crippen LogP contribution in [0.1, 0.15) is 6.42 Å². The second-order valence-corrected chi connectivity index (χ2v) is 3.22. The fourth-order valence-corrected chi connectivity index (χ4v) is 1.25. The van der Waals surface area contributed by atoms with Crippen LogP contribution in [0, 0.1) is 0 Å². The molecule has 1 aliphatic rings. The van der Waals surface area contributed by atoms with Crippen LogP contribution in [0.2, 0.25) is 0 Å². The second kappa shape index (κ2) is 3.53. The minimum absolute atomic E-state index is 0.356. The van der Waals surface area contributed by atoms with E-state index in [1.165, 1.54) is 6.20 Å². The summed E-state index contributed by atoms with van der Waals surface area (Å²) in [4.78, 5) is 12.4. The summed E-state index contributed by atoms with van der Waals surface area (Å²) in [6.07, 6.45) is 5.72. The molecule has 15 heavy (non-hydrogen) atoms. The van der Waals surface area contributed by atoms with Crippen molar-refractivity contribution in [2.45, 2.75) is 6.42 Å². The number of aromatic nitrogens is 2. The fraction of sp³-hybridized carbons (Fsp3) is 0.100. The Balaban J connectivity index is 2.60. The molecule has 4 N–H and O–H groups in total. The highest BCUT2D eigenvalue weighted by molar-refractivity contribution is 5.37. The van der Waals surface area contributed by atoms with Crippen molar-refractivity contribution in [1.29, 1.82) is 0 Å². The molecule has 0 bridgehead atoms. The zero-order valence-electron chi connectivity index (χ0n) is 8.14. The SMILES string of the molecule is C=C(N)C1=CN=c2nc(N)cnc2=CC1. The van der Waals surface area contributed by atoms with Crippen LogP contribution in [0.3, 0.4) is 0 Å². The highest BCUT2D eigenvalue weighted by atomic mass is 14.9. The van der Waals surface area contributed by atoms with Gasteiger partial charge in [0.2, 0.25) is 0 Å². The van der Waals surface area contributed by atoms with Crippen molar-refractivity contribution < 1.29 is 0 Å². The van der Waals surface area contributed by atoms with Crippen molar-refractivity contribution in [1.82, 2.24) is 9.97 Å². The molecular formula is C10H11N5. The van der Waals surface area contributed by atoms with Crippen LogP contribution in [0.15, 0.2) is 35.2 Å². The van der Waals surface area contributed by atoms with Crippen LogP contribution in [-0.4, -0.2) is 9.97 Å². The van der Waals surface area contributed by atoms with Crippen LogP contribution < -0.4 is 22.3 Å². The first kappa shape index (κ1) is 9.39. The lowest BCUT2D eigenvalue weighted by Gasteiger charge is -1.98. The number of nitrogens with zero attached hydrogens (tertiary/aromatic N) is 3. The molecule has 0 spiro atoms. The van der Waals surface area contributed by atoms with Crippen molar-refractivity contribution >= 4 is 11.9 Å². The van der Waals surface area contributed by atoms with Gasteiger partial charge in [0.1, 0.15) is 11.2 Å². The van der Waals surface area contributed by atoms with E-state index in [2.05, 4.69) is 21.5 Å². The van der Waals surface area contributed by atoms with E-state index in [0.717, 1.165) is 10.9 Å². The van der Waals surface area contributed by atoms with E-state index in [0.29, 0.717) is 23.4 Å². The van der Waals surface area contributed by atoms with Gasteiger partial charge < -0.3 is 11.5 Å². The van der Waals surface area contributed by atoms with Crippen LogP contribution in [0.5, 0.6) is 0 Å². The Labute approximate surface area is 86.6 Å². The number of hydrogen-bond acceptors (Lipinski definition) is 5. The number of rotatable bonds is 1. The second-order valence-electron chi connectivity index (χ2n) is 3.22. The molecule has 2 rings (SSSR count). The standard InChI is InChI=1S/C10H11N5/c1-6(11)7-2-3-8-10(14-4-7)15-9(12)5-13-8/h3-5H,1-2,11H2,(H2,12,14,15). The number of anilines is 1. The molecule has 0 unspecified atom stereocenters. The maximum atomic E-state index is 5.59. The minimum atomic E-state index is 0.356. The molecule has 0 aromatic carbocycles. The van der Waals surface area contributed by atoms with Gasteiger partial charge in [0.25, 0.3) is 0 Å². The summed E-state index contributed by atoms with van der Waals surface area (Å²) in [7, 11) is 0. The molecule has 0 saturated carbocycles. The van der Waals surface area contributed by atoms with Crippen LogP contribution in [0.4, 0.5) is 5.82 Å². The third kappa shape index (κ3) is 1.85. The molecular weight excluding hydrogens is 190 g/mol. The molecule has 1 aliphatic heterocycles. The third-order valence-electron chi connectivity index (χ3n) is 2.07. The Bertz CT molecular complexity index is 556. The first-order valence-corrected chi connectivity index (χ1v) is 4.47. The molecule has 0 aliphatic carbocycles. The normalized spacial score (nSPS) is 14.0. The monoisotopic (exact) mass is 201 g/mol. The topological polar surface area (TPSA) is 90.2 Å². The summed E-state index contributed by atoms with van der Waals surface area (Å²) < 4.78 is 0. The molecule has 5 heteroatoms. The summed E-state index contributed by atoms with van der Waals surface area (Å²) in [6.45, 7) is 3.66. The van der Waals surface area contributed by atoms with E-state index in [4.69, 9.17) is 11.5 Å². The molecule has 1 aromatic rings. The number of fused-ring (bicyclic) bond motifs is 1. The molecule has 2 heterocycles. The zero-order valence-corrected chi connectivity index (χ0v) is 8.14. The maximum absolute atomic E-state index is 5.59.